The highest BCUT2D eigenvalue weighted by atomic mass is 16.4. The highest BCUT2D eigenvalue weighted by Gasteiger charge is 2.26. The molecule has 110 valence electrons. The maximum atomic E-state index is 11.0. The number of nitrogens with zero attached hydrogens (tertiary/aromatic N) is 3. The quantitative estimate of drug-likeness (QED) is 0.896. The van der Waals surface area contributed by atoms with Gasteiger partial charge in [0.1, 0.15) is 0 Å². The predicted octanol–water partition coefficient (Wildman–Crippen LogP) is 2.89. The van der Waals surface area contributed by atoms with Gasteiger partial charge in [-0.15, -0.1) is 0 Å². The molecule has 0 saturated heterocycles. The van der Waals surface area contributed by atoms with Gasteiger partial charge in [-0.3, -0.25) is 0 Å². The van der Waals surface area contributed by atoms with Gasteiger partial charge in [0.2, 0.25) is 5.95 Å². The first-order valence-electron chi connectivity index (χ1n) is 7.32. The molecule has 20 heavy (non-hydrogen) atoms. The van der Waals surface area contributed by atoms with Gasteiger partial charge in [0.05, 0.1) is 11.3 Å². The number of carboxylic acids is 1. The lowest BCUT2D eigenvalue weighted by Crippen LogP contribution is -2.37. The minimum Gasteiger partial charge on any atom is -0.478 e. The summed E-state index contributed by atoms with van der Waals surface area (Å²) >= 11 is 0. The molecule has 0 bridgehead atoms. The van der Waals surface area contributed by atoms with Crippen molar-refractivity contribution in [3.8, 4) is 0 Å². The summed E-state index contributed by atoms with van der Waals surface area (Å²) in [6.07, 6.45) is 6.30. The Morgan fingerprint density at radius 2 is 2.10 bits per heavy atom. The number of aryl methyl sites for hydroxylation is 1. The molecule has 0 spiro atoms. The number of carboxylic acid groups (broad SMARTS) is 1. The summed E-state index contributed by atoms with van der Waals surface area (Å²) in [4.78, 5) is 22.0. The summed E-state index contributed by atoms with van der Waals surface area (Å²) in [5.74, 6) is 0.233. The topological polar surface area (TPSA) is 66.3 Å². The standard InChI is InChI=1S/C15H23N3O2/c1-10(2)9-18(12-6-4-5-7-12)15-16-8-13(14(19)20)11(3)17-15/h8,10,12H,4-7,9H2,1-3H3,(H,19,20). The van der Waals surface area contributed by atoms with Crippen LogP contribution in [-0.2, 0) is 0 Å². The molecule has 0 atom stereocenters. The Labute approximate surface area is 120 Å². The molecule has 0 unspecified atom stereocenters. The van der Waals surface area contributed by atoms with E-state index in [1.165, 1.54) is 31.9 Å². The molecule has 5 heteroatoms. The Bertz CT molecular complexity index is 482. The molecule has 1 aliphatic carbocycles. The first-order valence-corrected chi connectivity index (χ1v) is 7.32. The molecule has 2 rings (SSSR count). The fraction of sp³-hybridized carbons (Fsp3) is 0.667. The molecule has 0 radical (unpaired) electrons. The maximum Gasteiger partial charge on any atom is 0.339 e. The van der Waals surface area contributed by atoms with E-state index in [1.54, 1.807) is 6.92 Å². The van der Waals surface area contributed by atoms with E-state index in [4.69, 9.17) is 5.11 Å². The second-order valence-corrected chi connectivity index (χ2v) is 5.96. The van der Waals surface area contributed by atoms with Crippen molar-refractivity contribution >= 4 is 11.9 Å². The largest absolute Gasteiger partial charge is 0.478 e. The van der Waals surface area contributed by atoms with E-state index in [9.17, 15) is 4.79 Å². The molecule has 1 N–H and O–H groups in total. The first kappa shape index (κ1) is 14.8. The Morgan fingerprint density at radius 1 is 1.45 bits per heavy atom. The van der Waals surface area contributed by atoms with E-state index in [2.05, 4.69) is 28.7 Å². The number of hydrogen-bond donors (Lipinski definition) is 1. The molecule has 0 amide bonds. The van der Waals surface area contributed by atoms with Crippen LogP contribution in [0.5, 0.6) is 0 Å². The van der Waals surface area contributed by atoms with Crippen molar-refractivity contribution in [2.45, 2.75) is 52.5 Å². The lowest BCUT2D eigenvalue weighted by atomic mass is 10.1. The van der Waals surface area contributed by atoms with Crippen molar-refractivity contribution in [1.82, 2.24) is 9.97 Å². The summed E-state index contributed by atoms with van der Waals surface area (Å²) in [5, 5.41) is 9.06. The molecular weight excluding hydrogens is 254 g/mol. The molecule has 1 aromatic rings. The Morgan fingerprint density at radius 3 is 2.60 bits per heavy atom. The Balaban J connectivity index is 2.28. The van der Waals surface area contributed by atoms with Crippen LogP contribution < -0.4 is 4.90 Å². The molecule has 0 aliphatic heterocycles. The number of hydrogen-bond acceptors (Lipinski definition) is 4. The van der Waals surface area contributed by atoms with Gasteiger partial charge in [0.15, 0.2) is 0 Å². The molecule has 1 fully saturated rings. The average molecular weight is 277 g/mol. The average Bonchev–Trinajstić information content (AvgIpc) is 2.88. The molecule has 1 heterocycles. The second-order valence-electron chi connectivity index (χ2n) is 5.96. The van der Waals surface area contributed by atoms with Crippen molar-refractivity contribution in [2.75, 3.05) is 11.4 Å². The zero-order chi connectivity index (χ0) is 14.7. The van der Waals surface area contributed by atoms with Crippen LogP contribution in [0.2, 0.25) is 0 Å². The van der Waals surface area contributed by atoms with Gasteiger partial charge in [-0.25, -0.2) is 14.8 Å². The van der Waals surface area contributed by atoms with Crippen LogP contribution >= 0.6 is 0 Å². The molecule has 1 aromatic heterocycles. The second kappa shape index (κ2) is 6.20. The lowest BCUT2D eigenvalue weighted by Gasteiger charge is -2.30. The van der Waals surface area contributed by atoms with Crippen LogP contribution in [0, 0.1) is 12.8 Å². The van der Waals surface area contributed by atoms with Gasteiger partial charge in [-0.2, -0.15) is 0 Å². The highest BCUT2D eigenvalue weighted by Crippen LogP contribution is 2.27. The molecule has 5 nitrogen and oxygen atoms in total. The normalized spacial score (nSPS) is 15.8. The Hall–Kier alpha value is -1.65. The van der Waals surface area contributed by atoms with E-state index >= 15 is 0 Å². The summed E-state index contributed by atoms with van der Waals surface area (Å²) in [6, 6.07) is 0.493. The third-order valence-electron chi connectivity index (χ3n) is 3.78. The van der Waals surface area contributed by atoms with E-state index < -0.39 is 5.97 Å². The predicted molar refractivity (Wildman–Crippen MR) is 78.2 cm³/mol. The van der Waals surface area contributed by atoms with Crippen LogP contribution in [0.25, 0.3) is 0 Å². The monoisotopic (exact) mass is 277 g/mol. The molecule has 1 aliphatic rings. The zero-order valence-corrected chi connectivity index (χ0v) is 12.5. The number of aromatic carboxylic acids is 1. The van der Waals surface area contributed by atoms with Crippen molar-refractivity contribution < 1.29 is 9.90 Å². The highest BCUT2D eigenvalue weighted by molar-refractivity contribution is 5.88. The van der Waals surface area contributed by atoms with Crippen molar-refractivity contribution in [1.29, 1.82) is 0 Å². The SMILES string of the molecule is Cc1nc(N(CC(C)C)C2CCCC2)ncc1C(=O)O. The van der Waals surface area contributed by atoms with Crippen LogP contribution in [-0.4, -0.2) is 33.6 Å². The summed E-state index contributed by atoms with van der Waals surface area (Å²) in [5.41, 5.74) is 0.721. The van der Waals surface area contributed by atoms with Crippen molar-refractivity contribution in [3.05, 3.63) is 17.5 Å². The van der Waals surface area contributed by atoms with Gasteiger partial charge in [-0.05, 0) is 25.7 Å². The summed E-state index contributed by atoms with van der Waals surface area (Å²) < 4.78 is 0. The number of anilines is 1. The maximum absolute atomic E-state index is 11.0. The van der Waals surface area contributed by atoms with E-state index in [1.807, 2.05) is 0 Å². The van der Waals surface area contributed by atoms with Gasteiger partial charge < -0.3 is 10.0 Å². The first-order chi connectivity index (χ1) is 9.49. The van der Waals surface area contributed by atoms with Crippen molar-refractivity contribution in [2.24, 2.45) is 5.92 Å². The molecule has 1 saturated carbocycles. The summed E-state index contributed by atoms with van der Waals surface area (Å²) in [6.45, 7) is 7.01. The van der Waals surface area contributed by atoms with E-state index in [0.29, 0.717) is 23.6 Å². The number of carbonyl (C=O) groups is 1. The number of aromatic nitrogens is 2. The van der Waals surface area contributed by atoms with Gasteiger partial charge in [0.25, 0.3) is 0 Å². The molecular formula is C15H23N3O2. The minimum absolute atomic E-state index is 0.185. The third-order valence-corrected chi connectivity index (χ3v) is 3.78. The zero-order valence-electron chi connectivity index (χ0n) is 12.5. The molecule has 0 aromatic carbocycles. The lowest BCUT2D eigenvalue weighted by molar-refractivity contribution is 0.0695. The Kier molecular flexibility index (Phi) is 4.57. The van der Waals surface area contributed by atoms with Crippen LogP contribution in [0.3, 0.4) is 0 Å². The van der Waals surface area contributed by atoms with E-state index in [-0.39, 0.29) is 5.56 Å². The summed E-state index contributed by atoms with van der Waals surface area (Å²) in [7, 11) is 0. The fourth-order valence-corrected chi connectivity index (χ4v) is 2.81. The van der Waals surface area contributed by atoms with Crippen LogP contribution in [0.1, 0.15) is 55.6 Å². The van der Waals surface area contributed by atoms with Crippen molar-refractivity contribution in [3.63, 3.8) is 0 Å². The fourth-order valence-electron chi connectivity index (χ4n) is 2.81. The minimum atomic E-state index is -0.967. The smallest absolute Gasteiger partial charge is 0.339 e. The van der Waals surface area contributed by atoms with Crippen LogP contribution in [0.15, 0.2) is 6.20 Å². The van der Waals surface area contributed by atoms with Crippen LogP contribution in [0.4, 0.5) is 5.95 Å². The number of rotatable bonds is 5. The van der Waals surface area contributed by atoms with Gasteiger partial charge in [0, 0.05) is 18.8 Å². The van der Waals surface area contributed by atoms with Gasteiger partial charge >= 0.3 is 5.97 Å². The van der Waals surface area contributed by atoms with E-state index in [0.717, 1.165) is 6.54 Å². The van der Waals surface area contributed by atoms with Gasteiger partial charge in [-0.1, -0.05) is 26.7 Å². The third kappa shape index (κ3) is 3.26.